The van der Waals surface area contributed by atoms with E-state index in [2.05, 4.69) is 19.1 Å². The fourth-order valence-corrected chi connectivity index (χ4v) is 3.12. The maximum Gasteiger partial charge on any atom is 0.282 e. The van der Waals surface area contributed by atoms with Gasteiger partial charge >= 0.3 is 0 Å². The molecule has 0 bridgehead atoms. The second-order valence-electron chi connectivity index (χ2n) is 4.10. The van der Waals surface area contributed by atoms with E-state index in [4.69, 9.17) is 0 Å². The molecule has 98 valence electrons. The molecule has 0 spiro atoms. The number of rotatable bonds is 4. The van der Waals surface area contributed by atoms with Crippen molar-refractivity contribution in [1.82, 2.24) is 18.9 Å². The minimum atomic E-state index is -3.68. The Balaban J connectivity index is 2.22. The number of anilines is 1. The smallest absolute Gasteiger partial charge is 0.282 e. The quantitative estimate of drug-likeness (QED) is 0.912. The molecule has 7 nitrogen and oxygen atoms in total. The lowest BCUT2D eigenvalue weighted by molar-refractivity contribution is 0.598. The number of nitrogens with zero attached hydrogens (tertiary/aromatic N) is 4. The third-order valence-electron chi connectivity index (χ3n) is 2.14. The number of hydrogen-bond acceptors (Lipinski definition) is 6. The van der Waals surface area contributed by atoms with Gasteiger partial charge in [0, 0.05) is 30.7 Å². The average molecular weight is 287 g/mol. The van der Waals surface area contributed by atoms with Crippen LogP contribution in [0.25, 0.3) is 0 Å². The molecule has 0 aromatic carbocycles. The molecule has 0 fully saturated rings. The fraction of sp³-hybridized carbons (Fsp3) is 0.444. The SMILES string of the molecule is CC(C)c1nsc(NS(=O)(=O)c2cn(C)cn2)n1. The van der Waals surface area contributed by atoms with Crippen molar-refractivity contribution in [2.75, 3.05) is 4.72 Å². The molecule has 0 saturated heterocycles. The molecule has 0 radical (unpaired) electrons. The lowest BCUT2D eigenvalue weighted by Crippen LogP contribution is -2.13. The Hall–Kier alpha value is -1.48. The Morgan fingerprint density at radius 1 is 1.44 bits per heavy atom. The average Bonchev–Trinajstić information content (AvgIpc) is 2.86. The second-order valence-corrected chi connectivity index (χ2v) is 6.48. The fourth-order valence-electron chi connectivity index (χ4n) is 1.21. The van der Waals surface area contributed by atoms with E-state index in [1.165, 1.54) is 12.5 Å². The summed E-state index contributed by atoms with van der Waals surface area (Å²) in [6.07, 6.45) is 2.85. The predicted molar refractivity (Wildman–Crippen MR) is 68.0 cm³/mol. The highest BCUT2D eigenvalue weighted by molar-refractivity contribution is 7.92. The normalized spacial score (nSPS) is 12.0. The number of hydrogen-bond donors (Lipinski definition) is 1. The molecule has 0 atom stereocenters. The topological polar surface area (TPSA) is 89.8 Å². The van der Waals surface area contributed by atoms with E-state index in [1.807, 2.05) is 13.8 Å². The van der Waals surface area contributed by atoms with Crippen LogP contribution in [0.2, 0.25) is 0 Å². The third kappa shape index (κ3) is 2.67. The van der Waals surface area contributed by atoms with Crippen molar-refractivity contribution in [3.63, 3.8) is 0 Å². The third-order valence-corrected chi connectivity index (χ3v) is 4.13. The monoisotopic (exact) mass is 287 g/mol. The van der Waals surface area contributed by atoms with Crippen molar-refractivity contribution >= 4 is 26.7 Å². The number of imidazole rings is 1. The largest absolute Gasteiger partial charge is 0.339 e. The summed E-state index contributed by atoms with van der Waals surface area (Å²) in [7, 11) is -1.98. The van der Waals surface area contributed by atoms with Crippen LogP contribution in [0, 0.1) is 0 Å². The van der Waals surface area contributed by atoms with Crippen LogP contribution in [0.15, 0.2) is 17.6 Å². The summed E-state index contributed by atoms with van der Waals surface area (Å²) >= 11 is 1.02. The molecule has 9 heteroatoms. The molecule has 2 rings (SSSR count). The second kappa shape index (κ2) is 4.65. The molecular formula is C9H13N5O2S2. The van der Waals surface area contributed by atoms with Crippen LogP contribution in [0.3, 0.4) is 0 Å². The highest BCUT2D eigenvalue weighted by Crippen LogP contribution is 2.20. The van der Waals surface area contributed by atoms with Crippen LogP contribution in [0.1, 0.15) is 25.6 Å². The van der Waals surface area contributed by atoms with Gasteiger partial charge in [-0.05, 0) is 0 Å². The van der Waals surface area contributed by atoms with E-state index < -0.39 is 10.0 Å². The molecule has 0 aliphatic heterocycles. The predicted octanol–water partition coefficient (Wildman–Crippen LogP) is 1.20. The van der Waals surface area contributed by atoms with Gasteiger partial charge in [-0.25, -0.2) is 9.97 Å². The van der Waals surface area contributed by atoms with Gasteiger partial charge in [0.05, 0.1) is 6.33 Å². The first-order chi connectivity index (χ1) is 8.38. The zero-order valence-electron chi connectivity index (χ0n) is 10.2. The minimum absolute atomic E-state index is 0.0358. The van der Waals surface area contributed by atoms with Crippen molar-refractivity contribution in [3.05, 3.63) is 18.3 Å². The summed E-state index contributed by atoms with van der Waals surface area (Å²) in [4.78, 5) is 7.90. The van der Waals surface area contributed by atoms with Gasteiger partial charge in [0.1, 0.15) is 5.82 Å². The summed E-state index contributed by atoms with van der Waals surface area (Å²) in [6.45, 7) is 3.89. The Bertz CT molecular complexity index is 643. The zero-order chi connectivity index (χ0) is 13.3. The highest BCUT2D eigenvalue weighted by atomic mass is 32.2. The van der Waals surface area contributed by atoms with Gasteiger partial charge < -0.3 is 4.57 Å². The van der Waals surface area contributed by atoms with Crippen LogP contribution in [-0.4, -0.2) is 27.3 Å². The minimum Gasteiger partial charge on any atom is -0.339 e. The highest BCUT2D eigenvalue weighted by Gasteiger charge is 2.19. The molecular weight excluding hydrogens is 274 g/mol. The van der Waals surface area contributed by atoms with E-state index in [0.29, 0.717) is 5.82 Å². The molecule has 1 N–H and O–H groups in total. The molecule has 0 aliphatic carbocycles. The zero-order valence-corrected chi connectivity index (χ0v) is 11.8. The molecule has 2 aromatic heterocycles. The Labute approximate surface area is 109 Å². The Kier molecular flexibility index (Phi) is 3.35. The van der Waals surface area contributed by atoms with E-state index in [9.17, 15) is 8.42 Å². The van der Waals surface area contributed by atoms with Crippen LogP contribution >= 0.6 is 11.5 Å². The number of aryl methyl sites for hydroxylation is 1. The van der Waals surface area contributed by atoms with Crippen molar-refractivity contribution in [1.29, 1.82) is 0 Å². The summed E-state index contributed by atoms with van der Waals surface area (Å²) in [5.41, 5.74) is 0. The summed E-state index contributed by atoms with van der Waals surface area (Å²) < 4.78 is 31.9. The number of aromatic nitrogens is 4. The van der Waals surface area contributed by atoms with E-state index in [1.54, 1.807) is 11.6 Å². The summed E-state index contributed by atoms with van der Waals surface area (Å²) in [6, 6.07) is 0. The first kappa shape index (κ1) is 13.0. The van der Waals surface area contributed by atoms with Gasteiger partial charge in [-0.15, -0.1) is 0 Å². The van der Waals surface area contributed by atoms with E-state index in [0.717, 1.165) is 11.5 Å². The Morgan fingerprint density at radius 2 is 2.17 bits per heavy atom. The molecule has 0 unspecified atom stereocenters. The van der Waals surface area contributed by atoms with Gasteiger partial charge in [0.2, 0.25) is 5.13 Å². The number of sulfonamides is 1. The first-order valence-electron chi connectivity index (χ1n) is 5.23. The van der Waals surface area contributed by atoms with Gasteiger partial charge in [-0.2, -0.15) is 12.8 Å². The number of nitrogens with one attached hydrogen (secondary N) is 1. The first-order valence-corrected chi connectivity index (χ1v) is 7.48. The van der Waals surface area contributed by atoms with Gasteiger partial charge in [0.15, 0.2) is 5.03 Å². The van der Waals surface area contributed by atoms with Gasteiger partial charge in [-0.1, -0.05) is 13.8 Å². The summed E-state index contributed by atoms with van der Waals surface area (Å²) in [5.74, 6) is 0.785. The van der Waals surface area contributed by atoms with Crippen molar-refractivity contribution in [2.24, 2.45) is 7.05 Å². The molecule has 0 aliphatic rings. The van der Waals surface area contributed by atoms with Crippen LogP contribution in [0.5, 0.6) is 0 Å². The molecule has 18 heavy (non-hydrogen) atoms. The Morgan fingerprint density at radius 3 is 2.67 bits per heavy atom. The molecule has 0 saturated carbocycles. The molecule has 2 heterocycles. The van der Waals surface area contributed by atoms with Crippen LogP contribution < -0.4 is 4.72 Å². The molecule has 2 aromatic rings. The van der Waals surface area contributed by atoms with E-state index >= 15 is 0 Å². The van der Waals surface area contributed by atoms with Crippen molar-refractivity contribution < 1.29 is 8.42 Å². The maximum atomic E-state index is 11.9. The standard InChI is InChI=1S/C9H13N5O2S2/c1-6(2)8-11-9(17-12-8)13-18(15,16)7-4-14(3)5-10-7/h4-6H,1-3H3,(H,11,12,13). The maximum absolute atomic E-state index is 11.9. The van der Waals surface area contributed by atoms with Crippen LogP contribution in [0.4, 0.5) is 5.13 Å². The van der Waals surface area contributed by atoms with Crippen LogP contribution in [-0.2, 0) is 17.1 Å². The van der Waals surface area contributed by atoms with E-state index in [-0.39, 0.29) is 16.1 Å². The van der Waals surface area contributed by atoms with Crippen molar-refractivity contribution in [3.8, 4) is 0 Å². The van der Waals surface area contributed by atoms with Crippen molar-refractivity contribution in [2.45, 2.75) is 24.8 Å². The summed E-state index contributed by atoms with van der Waals surface area (Å²) in [5, 5.41) is 0.218. The lowest BCUT2D eigenvalue weighted by Gasteiger charge is -2.00. The van der Waals surface area contributed by atoms with Gasteiger partial charge in [0.25, 0.3) is 10.0 Å². The molecule has 0 amide bonds. The lowest BCUT2D eigenvalue weighted by atomic mass is 10.2. The van der Waals surface area contributed by atoms with Gasteiger partial charge in [-0.3, -0.25) is 4.72 Å².